The van der Waals surface area contributed by atoms with Crippen LogP contribution in [0.25, 0.3) is 0 Å². The van der Waals surface area contributed by atoms with Gasteiger partial charge < -0.3 is 10.4 Å². The molecule has 1 fully saturated rings. The number of nitrogens with one attached hydrogen (secondary N) is 1. The fourth-order valence-corrected chi connectivity index (χ4v) is 3.24. The molecule has 1 aliphatic rings. The topological polar surface area (TPSA) is 49.3 Å². The number of benzene rings is 1. The van der Waals surface area contributed by atoms with E-state index in [4.69, 9.17) is 23.2 Å². The first-order chi connectivity index (χ1) is 9.59. The van der Waals surface area contributed by atoms with Crippen LogP contribution >= 0.6 is 23.2 Å². The maximum Gasteiger partial charge on any atom is 0.306 e. The molecule has 5 heteroatoms. The van der Waals surface area contributed by atoms with E-state index >= 15 is 0 Å². The number of rotatable bonds is 5. The second kappa shape index (κ2) is 7.30. The molecule has 0 radical (unpaired) electrons. The van der Waals surface area contributed by atoms with E-state index in [1.165, 1.54) is 0 Å². The molecule has 0 aliphatic heterocycles. The van der Waals surface area contributed by atoms with E-state index in [0.29, 0.717) is 23.1 Å². The number of aliphatic carboxylic acids is 1. The molecule has 20 heavy (non-hydrogen) atoms. The molecule has 3 nitrogen and oxygen atoms in total. The summed E-state index contributed by atoms with van der Waals surface area (Å²) in [6, 6.07) is 5.55. The van der Waals surface area contributed by atoms with Crippen molar-refractivity contribution in [2.45, 2.75) is 32.2 Å². The fourth-order valence-electron chi connectivity index (χ4n) is 2.85. The zero-order chi connectivity index (χ0) is 14.5. The van der Waals surface area contributed by atoms with Gasteiger partial charge in [0.05, 0.1) is 16.0 Å². The van der Waals surface area contributed by atoms with E-state index in [1.54, 1.807) is 6.07 Å². The molecule has 110 valence electrons. The van der Waals surface area contributed by atoms with Crippen molar-refractivity contribution >= 4 is 29.2 Å². The summed E-state index contributed by atoms with van der Waals surface area (Å²) in [5.74, 6) is -0.678. The summed E-state index contributed by atoms with van der Waals surface area (Å²) in [4.78, 5) is 11.2. The summed E-state index contributed by atoms with van der Waals surface area (Å²) in [7, 11) is 0. The minimum absolute atomic E-state index is 0.208. The second-order valence-electron chi connectivity index (χ2n) is 5.33. The van der Waals surface area contributed by atoms with E-state index < -0.39 is 5.97 Å². The molecule has 2 rings (SSSR count). The Morgan fingerprint density at radius 3 is 2.80 bits per heavy atom. The molecule has 2 N–H and O–H groups in total. The molecule has 2 unspecified atom stereocenters. The number of hydrogen-bond acceptors (Lipinski definition) is 2. The van der Waals surface area contributed by atoms with E-state index in [-0.39, 0.29) is 11.8 Å². The van der Waals surface area contributed by atoms with E-state index in [9.17, 15) is 9.90 Å². The Morgan fingerprint density at radius 2 is 2.05 bits per heavy atom. The van der Waals surface area contributed by atoms with Gasteiger partial charge in [0.2, 0.25) is 0 Å². The predicted molar refractivity (Wildman–Crippen MR) is 81.3 cm³/mol. The zero-order valence-electron chi connectivity index (χ0n) is 11.2. The van der Waals surface area contributed by atoms with Crippen LogP contribution in [0.5, 0.6) is 0 Å². The minimum Gasteiger partial charge on any atom is -0.481 e. The van der Waals surface area contributed by atoms with Crippen molar-refractivity contribution in [3.63, 3.8) is 0 Å². The van der Waals surface area contributed by atoms with Crippen LogP contribution in [0, 0.1) is 11.8 Å². The number of carboxylic acid groups (broad SMARTS) is 1. The molecule has 1 aromatic carbocycles. The molecule has 0 amide bonds. The van der Waals surface area contributed by atoms with Crippen LogP contribution in [0.2, 0.25) is 10.0 Å². The minimum atomic E-state index is -0.669. The first-order valence-corrected chi connectivity index (χ1v) is 7.71. The van der Waals surface area contributed by atoms with Crippen LogP contribution in [-0.2, 0) is 11.3 Å². The van der Waals surface area contributed by atoms with Crippen LogP contribution in [0.3, 0.4) is 0 Å². The number of halogens is 2. The Balaban J connectivity index is 1.88. The SMILES string of the molecule is O=C(O)C1CCCCC1CNCc1cccc(Cl)c1Cl. The van der Waals surface area contributed by atoms with Crippen LogP contribution < -0.4 is 5.32 Å². The molecule has 2 atom stereocenters. The van der Waals surface area contributed by atoms with Gasteiger partial charge in [-0.2, -0.15) is 0 Å². The Bertz CT molecular complexity index is 479. The lowest BCUT2D eigenvalue weighted by Gasteiger charge is -2.28. The largest absolute Gasteiger partial charge is 0.481 e. The summed E-state index contributed by atoms with van der Waals surface area (Å²) in [6.45, 7) is 1.32. The quantitative estimate of drug-likeness (QED) is 0.864. The molecule has 0 saturated heterocycles. The standard InChI is InChI=1S/C15H19Cl2NO2/c16-13-7-3-5-11(14(13)17)9-18-8-10-4-1-2-6-12(10)15(19)20/h3,5,7,10,12,18H,1-2,4,6,8-9H2,(H,19,20). The number of hydrogen-bond donors (Lipinski definition) is 2. The zero-order valence-corrected chi connectivity index (χ0v) is 12.8. The predicted octanol–water partition coefficient (Wildman–Crippen LogP) is 3.97. The Kier molecular flexibility index (Phi) is 5.70. The van der Waals surface area contributed by atoms with Gasteiger partial charge in [-0.25, -0.2) is 0 Å². The molecule has 1 aliphatic carbocycles. The normalized spacial score (nSPS) is 22.7. The van der Waals surface area contributed by atoms with Gasteiger partial charge in [-0.1, -0.05) is 48.2 Å². The summed E-state index contributed by atoms with van der Waals surface area (Å²) in [5, 5.41) is 13.7. The van der Waals surface area contributed by atoms with Gasteiger partial charge in [-0.15, -0.1) is 0 Å². The fraction of sp³-hybridized carbons (Fsp3) is 0.533. The Morgan fingerprint density at radius 1 is 1.30 bits per heavy atom. The molecular formula is C15H19Cl2NO2. The average molecular weight is 316 g/mol. The van der Waals surface area contributed by atoms with Gasteiger partial charge in [0.15, 0.2) is 0 Å². The highest BCUT2D eigenvalue weighted by Crippen LogP contribution is 2.30. The third kappa shape index (κ3) is 3.87. The third-order valence-corrected chi connectivity index (χ3v) is 4.84. The van der Waals surface area contributed by atoms with Crippen molar-refractivity contribution in [3.05, 3.63) is 33.8 Å². The first kappa shape index (κ1) is 15.6. The van der Waals surface area contributed by atoms with Crippen molar-refractivity contribution in [1.29, 1.82) is 0 Å². The Labute approximate surface area is 129 Å². The van der Waals surface area contributed by atoms with E-state index in [2.05, 4.69) is 5.32 Å². The van der Waals surface area contributed by atoms with Crippen molar-refractivity contribution < 1.29 is 9.90 Å². The highest BCUT2D eigenvalue weighted by Gasteiger charge is 2.30. The lowest BCUT2D eigenvalue weighted by atomic mass is 9.79. The van der Waals surface area contributed by atoms with Crippen molar-refractivity contribution in [3.8, 4) is 0 Å². The average Bonchev–Trinajstić information content (AvgIpc) is 2.44. The van der Waals surface area contributed by atoms with E-state index in [1.807, 2.05) is 12.1 Å². The first-order valence-electron chi connectivity index (χ1n) is 6.96. The molecule has 0 spiro atoms. The molecule has 1 saturated carbocycles. The maximum absolute atomic E-state index is 11.2. The van der Waals surface area contributed by atoms with Crippen LogP contribution in [0.15, 0.2) is 18.2 Å². The summed E-state index contributed by atoms with van der Waals surface area (Å²) in [5.41, 5.74) is 0.946. The van der Waals surface area contributed by atoms with Crippen LogP contribution in [0.1, 0.15) is 31.2 Å². The van der Waals surface area contributed by atoms with Gasteiger partial charge in [0.25, 0.3) is 0 Å². The van der Waals surface area contributed by atoms with E-state index in [0.717, 1.165) is 31.2 Å². The van der Waals surface area contributed by atoms with Gasteiger partial charge in [-0.3, -0.25) is 4.79 Å². The highest BCUT2D eigenvalue weighted by atomic mass is 35.5. The third-order valence-electron chi connectivity index (χ3n) is 3.98. The van der Waals surface area contributed by atoms with Crippen molar-refractivity contribution in [2.24, 2.45) is 11.8 Å². The van der Waals surface area contributed by atoms with Crippen LogP contribution in [0.4, 0.5) is 0 Å². The van der Waals surface area contributed by atoms with Gasteiger partial charge in [0.1, 0.15) is 0 Å². The molecular weight excluding hydrogens is 297 g/mol. The molecule has 0 aromatic heterocycles. The van der Waals surface area contributed by atoms with Crippen LogP contribution in [-0.4, -0.2) is 17.6 Å². The summed E-state index contributed by atoms with van der Waals surface area (Å²) in [6.07, 6.45) is 3.91. The molecule has 0 heterocycles. The molecule has 0 bridgehead atoms. The van der Waals surface area contributed by atoms with Gasteiger partial charge in [0, 0.05) is 6.54 Å². The van der Waals surface area contributed by atoms with Crippen molar-refractivity contribution in [2.75, 3.05) is 6.54 Å². The van der Waals surface area contributed by atoms with Gasteiger partial charge >= 0.3 is 5.97 Å². The smallest absolute Gasteiger partial charge is 0.306 e. The number of carbonyl (C=O) groups is 1. The summed E-state index contributed by atoms with van der Waals surface area (Å²) >= 11 is 12.1. The highest BCUT2D eigenvalue weighted by molar-refractivity contribution is 6.42. The maximum atomic E-state index is 11.2. The summed E-state index contributed by atoms with van der Waals surface area (Å²) < 4.78 is 0. The molecule has 1 aromatic rings. The second-order valence-corrected chi connectivity index (χ2v) is 6.12. The Hall–Kier alpha value is -0.770. The monoisotopic (exact) mass is 315 g/mol. The lowest BCUT2D eigenvalue weighted by Crippen LogP contribution is -2.34. The lowest BCUT2D eigenvalue weighted by molar-refractivity contribution is -0.144. The number of carboxylic acids is 1. The van der Waals surface area contributed by atoms with Crippen molar-refractivity contribution in [1.82, 2.24) is 5.32 Å². The van der Waals surface area contributed by atoms with Gasteiger partial charge in [-0.05, 0) is 36.9 Å².